The second kappa shape index (κ2) is 6.49. The van der Waals surface area contributed by atoms with E-state index in [2.05, 4.69) is 10.2 Å². The number of aryl methyl sites for hydroxylation is 3. The molecular formula is C17H21N3O3S. The number of hydrogen-bond acceptors (Lipinski definition) is 5. The molecule has 0 aliphatic carbocycles. The third-order valence-corrected chi connectivity index (χ3v) is 6.14. The van der Waals surface area contributed by atoms with Gasteiger partial charge in [0, 0.05) is 12.6 Å². The highest BCUT2D eigenvalue weighted by atomic mass is 32.2. The molecule has 6 nitrogen and oxygen atoms in total. The summed E-state index contributed by atoms with van der Waals surface area (Å²) in [6, 6.07) is 8.97. The van der Waals surface area contributed by atoms with Crippen LogP contribution in [0.5, 0.6) is 5.88 Å². The topological polar surface area (TPSA) is 72.4 Å². The Bertz CT molecular complexity index is 835. The fourth-order valence-corrected chi connectivity index (χ4v) is 4.55. The van der Waals surface area contributed by atoms with Crippen molar-refractivity contribution in [3.63, 3.8) is 0 Å². The van der Waals surface area contributed by atoms with Crippen LogP contribution >= 0.6 is 0 Å². The van der Waals surface area contributed by atoms with E-state index in [9.17, 15) is 8.42 Å². The van der Waals surface area contributed by atoms with Gasteiger partial charge in [-0.2, -0.15) is 9.40 Å². The van der Waals surface area contributed by atoms with Crippen molar-refractivity contribution >= 4 is 10.0 Å². The largest absolute Gasteiger partial charge is 0.472 e. The SMILES string of the molecule is Cc1ccc(S(=O)(=O)N2CCC(Oc3ccc(C)nn3)C2)c(C)c1. The zero-order valence-electron chi connectivity index (χ0n) is 14.1. The van der Waals surface area contributed by atoms with Crippen LogP contribution in [0, 0.1) is 20.8 Å². The molecule has 1 atom stereocenters. The highest BCUT2D eigenvalue weighted by Gasteiger charge is 2.34. The molecule has 2 heterocycles. The maximum atomic E-state index is 12.9. The molecule has 2 aromatic rings. The van der Waals surface area contributed by atoms with Crippen LogP contribution in [-0.4, -0.2) is 42.1 Å². The van der Waals surface area contributed by atoms with Crippen LogP contribution in [0.1, 0.15) is 23.2 Å². The molecule has 0 N–H and O–H groups in total. The maximum Gasteiger partial charge on any atom is 0.243 e. The van der Waals surface area contributed by atoms with Gasteiger partial charge in [-0.05, 0) is 44.9 Å². The molecule has 1 fully saturated rings. The molecule has 0 saturated carbocycles. The Morgan fingerprint density at radius 3 is 2.58 bits per heavy atom. The second-order valence-electron chi connectivity index (χ2n) is 6.17. The van der Waals surface area contributed by atoms with Crippen LogP contribution in [0.25, 0.3) is 0 Å². The normalized spacial score (nSPS) is 18.7. The molecule has 1 saturated heterocycles. The van der Waals surface area contributed by atoms with E-state index in [-0.39, 0.29) is 6.10 Å². The smallest absolute Gasteiger partial charge is 0.243 e. The van der Waals surface area contributed by atoms with Gasteiger partial charge >= 0.3 is 0 Å². The summed E-state index contributed by atoms with van der Waals surface area (Å²) in [4.78, 5) is 0.365. The highest BCUT2D eigenvalue weighted by Crippen LogP contribution is 2.25. The fraction of sp³-hybridized carbons (Fsp3) is 0.412. The average Bonchev–Trinajstić information content (AvgIpc) is 2.98. The molecule has 7 heteroatoms. The summed E-state index contributed by atoms with van der Waals surface area (Å²) in [7, 11) is -3.50. The zero-order valence-corrected chi connectivity index (χ0v) is 14.9. The molecule has 1 unspecified atom stereocenters. The van der Waals surface area contributed by atoms with Crippen molar-refractivity contribution in [1.82, 2.24) is 14.5 Å². The van der Waals surface area contributed by atoms with Gasteiger partial charge in [-0.3, -0.25) is 0 Å². The number of aromatic nitrogens is 2. The van der Waals surface area contributed by atoms with Gasteiger partial charge in [-0.15, -0.1) is 5.10 Å². The van der Waals surface area contributed by atoms with Crippen LogP contribution in [0.4, 0.5) is 0 Å². The number of nitrogens with zero attached hydrogens (tertiary/aromatic N) is 3. The first-order valence-corrected chi connectivity index (χ1v) is 9.34. The van der Waals surface area contributed by atoms with E-state index in [1.807, 2.05) is 39.0 Å². The molecule has 3 rings (SSSR count). The third-order valence-electron chi connectivity index (χ3n) is 4.12. The van der Waals surface area contributed by atoms with Crippen molar-refractivity contribution in [3.8, 4) is 5.88 Å². The lowest BCUT2D eigenvalue weighted by atomic mass is 10.2. The Kier molecular flexibility index (Phi) is 4.56. The molecule has 1 aliphatic heterocycles. The minimum atomic E-state index is -3.50. The van der Waals surface area contributed by atoms with Crippen LogP contribution in [0.3, 0.4) is 0 Å². The van der Waals surface area contributed by atoms with Gasteiger partial charge in [0.1, 0.15) is 6.10 Å². The van der Waals surface area contributed by atoms with Gasteiger partial charge in [0.25, 0.3) is 0 Å². The van der Waals surface area contributed by atoms with Crippen LogP contribution < -0.4 is 4.74 Å². The number of ether oxygens (including phenoxy) is 1. The summed E-state index contributed by atoms with van der Waals surface area (Å²) >= 11 is 0. The number of benzene rings is 1. The van der Waals surface area contributed by atoms with E-state index >= 15 is 0 Å². The van der Waals surface area contributed by atoms with Gasteiger partial charge in [-0.25, -0.2) is 8.42 Å². The van der Waals surface area contributed by atoms with E-state index in [1.54, 1.807) is 12.1 Å². The minimum absolute atomic E-state index is 0.206. The van der Waals surface area contributed by atoms with Crippen molar-refractivity contribution in [2.45, 2.75) is 38.2 Å². The van der Waals surface area contributed by atoms with Crippen LogP contribution in [0.15, 0.2) is 35.2 Å². The Hall–Kier alpha value is -1.99. The molecule has 128 valence electrons. The molecule has 1 aromatic heterocycles. The monoisotopic (exact) mass is 347 g/mol. The van der Waals surface area contributed by atoms with Crippen molar-refractivity contribution in [2.24, 2.45) is 0 Å². The van der Waals surface area contributed by atoms with Crippen molar-refractivity contribution in [2.75, 3.05) is 13.1 Å². The average molecular weight is 347 g/mol. The summed E-state index contributed by atoms with van der Waals surface area (Å²) in [6.45, 7) is 6.40. The second-order valence-corrected chi connectivity index (χ2v) is 8.08. The van der Waals surface area contributed by atoms with Gasteiger partial charge in [0.15, 0.2) is 0 Å². The fourth-order valence-electron chi connectivity index (χ4n) is 2.86. The lowest BCUT2D eigenvalue weighted by Gasteiger charge is -2.18. The molecule has 1 aliphatic rings. The Balaban J connectivity index is 1.73. The Morgan fingerprint density at radius 2 is 1.92 bits per heavy atom. The van der Waals surface area contributed by atoms with Gasteiger partial charge in [0.05, 0.1) is 17.1 Å². The van der Waals surface area contributed by atoms with E-state index in [0.717, 1.165) is 16.8 Å². The molecule has 24 heavy (non-hydrogen) atoms. The molecule has 0 radical (unpaired) electrons. The lowest BCUT2D eigenvalue weighted by molar-refractivity contribution is 0.204. The molecule has 1 aromatic carbocycles. The van der Waals surface area contributed by atoms with E-state index in [4.69, 9.17) is 4.74 Å². The molecule has 0 bridgehead atoms. The first-order valence-electron chi connectivity index (χ1n) is 7.90. The van der Waals surface area contributed by atoms with Crippen molar-refractivity contribution in [3.05, 3.63) is 47.2 Å². The van der Waals surface area contributed by atoms with Gasteiger partial charge in [-0.1, -0.05) is 17.7 Å². The van der Waals surface area contributed by atoms with Crippen LogP contribution in [0.2, 0.25) is 0 Å². The van der Waals surface area contributed by atoms with Gasteiger partial charge in [0.2, 0.25) is 15.9 Å². The predicted molar refractivity (Wildman–Crippen MR) is 90.5 cm³/mol. The minimum Gasteiger partial charge on any atom is -0.472 e. The van der Waals surface area contributed by atoms with Gasteiger partial charge < -0.3 is 4.74 Å². The van der Waals surface area contributed by atoms with Crippen LogP contribution in [-0.2, 0) is 10.0 Å². The van der Waals surface area contributed by atoms with Crippen molar-refractivity contribution in [1.29, 1.82) is 0 Å². The Morgan fingerprint density at radius 1 is 1.12 bits per heavy atom. The quantitative estimate of drug-likeness (QED) is 0.848. The lowest BCUT2D eigenvalue weighted by Crippen LogP contribution is -2.31. The molecular weight excluding hydrogens is 326 g/mol. The highest BCUT2D eigenvalue weighted by molar-refractivity contribution is 7.89. The molecule has 0 spiro atoms. The third kappa shape index (κ3) is 3.42. The first-order chi connectivity index (χ1) is 11.4. The number of rotatable bonds is 4. The Labute approximate surface area is 142 Å². The summed E-state index contributed by atoms with van der Waals surface area (Å²) in [5.41, 5.74) is 2.63. The van der Waals surface area contributed by atoms with E-state index in [1.165, 1.54) is 4.31 Å². The summed E-state index contributed by atoms with van der Waals surface area (Å²) in [5.74, 6) is 0.427. The predicted octanol–water partition coefficient (Wildman–Crippen LogP) is 2.24. The zero-order chi connectivity index (χ0) is 17.3. The maximum absolute atomic E-state index is 12.9. The summed E-state index contributed by atoms with van der Waals surface area (Å²) < 4.78 is 32.9. The number of hydrogen-bond donors (Lipinski definition) is 0. The van der Waals surface area contributed by atoms with E-state index in [0.29, 0.717) is 30.3 Å². The standard InChI is InChI=1S/C17H21N3O3S/c1-12-4-6-16(13(2)10-12)24(21,22)20-9-8-15(11-20)23-17-7-5-14(3)18-19-17/h4-7,10,15H,8-9,11H2,1-3H3. The van der Waals surface area contributed by atoms with Crippen molar-refractivity contribution < 1.29 is 13.2 Å². The summed E-state index contributed by atoms with van der Waals surface area (Å²) in [5, 5.41) is 7.92. The molecule has 0 amide bonds. The first kappa shape index (κ1) is 16.9. The summed E-state index contributed by atoms with van der Waals surface area (Å²) in [6.07, 6.45) is 0.433. The van der Waals surface area contributed by atoms with E-state index < -0.39 is 10.0 Å². The number of sulfonamides is 1.